The van der Waals surface area contributed by atoms with Gasteiger partial charge in [-0.1, -0.05) is 44.6 Å². The van der Waals surface area contributed by atoms with Gasteiger partial charge >= 0.3 is 8.56 Å². The van der Waals surface area contributed by atoms with Crippen molar-refractivity contribution < 1.29 is 18.4 Å². The molecule has 0 aliphatic heterocycles. The highest BCUT2D eigenvalue weighted by Crippen LogP contribution is 2.24. The highest BCUT2D eigenvalue weighted by atomic mass is 28.5. The molecule has 0 rings (SSSR count). The minimum atomic E-state index is -2.15. The molecule has 0 saturated carbocycles. The molecule has 0 radical (unpaired) electrons. The third kappa shape index (κ3) is 22.5. The molecule has 0 aromatic rings. The van der Waals surface area contributed by atoms with E-state index >= 15 is 0 Å². The number of aliphatic hydroxyl groups is 2. The third-order valence-electron chi connectivity index (χ3n) is 2.47. The molecule has 7 heteroatoms. The molecular weight excluding hydrogens is 340 g/mol. The Kier molecular flexibility index (Phi) is 32.9. The summed E-state index contributed by atoms with van der Waals surface area (Å²) >= 11 is 0. The molecule has 0 heterocycles. The Labute approximate surface area is 153 Å². The molecular formula is C16H52O4Si3. The molecule has 0 bridgehead atoms. The maximum atomic E-state index is 9.02. The Morgan fingerprint density at radius 2 is 0.783 bits per heavy atom. The lowest BCUT2D eigenvalue weighted by Crippen LogP contribution is -2.52. The lowest BCUT2D eigenvalue weighted by molar-refractivity contribution is 0.301. The SMILES string of the molecule is C.C.C.C.C.C.C[Si](C)(CCO)O[Si](C)(C)O[Si](C)(C)CCO. The molecule has 0 fully saturated rings. The highest BCUT2D eigenvalue weighted by molar-refractivity contribution is 6.87. The fraction of sp³-hybridized carbons (Fsp3) is 1.00. The standard InChI is InChI=1S/C10H28O4Si3.6CH4/c1-15(2,9-7-11)13-17(5,6)14-16(3,4)10-8-12;;;;;;/h11-12H,7-10H2,1-6H3;6*1H4. The minimum absolute atomic E-state index is 0. The first-order chi connectivity index (χ1) is 7.54. The Morgan fingerprint density at radius 1 is 0.565 bits per heavy atom. The van der Waals surface area contributed by atoms with Gasteiger partial charge in [0.25, 0.3) is 0 Å². The van der Waals surface area contributed by atoms with Crippen molar-refractivity contribution in [3.05, 3.63) is 0 Å². The Hall–Kier alpha value is 0.491. The first-order valence-electron chi connectivity index (χ1n) is 6.16. The van der Waals surface area contributed by atoms with E-state index in [4.69, 9.17) is 18.4 Å². The van der Waals surface area contributed by atoms with E-state index in [0.29, 0.717) is 0 Å². The van der Waals surface area contributed by atoms with Gasteiger partial charge in [0.15, 0.2) is 16.6 Å². The van der Waals surface area contributed by atoms with Crippen molar-refractivity contribution in [2.75, 3.05) is 13.2 Å². The van der Waals surface area contributed by atoms with Crippen LogP contribution in [-0.2, 0) is 8.23 Å². The van der Waals surface area contributed by atoms with Crippen LogP contribution in [0.5, 0.6) is 0 Å². The van der Waals surface area contributed by atoms with Crippen molar-refractivity contribution in [1.82, 2.24) is 0 Å². The summed E-state index contributed by atoms with van der Waals surface area (Å²) < 4.78 is 12.4. The summed E-state index contributed by atoms with van der Waals surface area (Å²) in [6, 6.07) is 1.49. The monoisotopic (exact) mass is 392 g/mol. The maximum Gasteiger partial charge on any atom is 0.311 e. The number of rotatable bonds is 8. The third-order valence-corrected chi connectivity index (χ3v) is 13.7. The van der Waals surface area contributed by atoms with Crippen LogP contribution in [0, 0.1) is 0 Å². The van der Waals surface area contributed by atoms with Crippen LogP contribution in [0.25, 0.3) is 0 Å². The molecule has 0 aromatic heterocycles. The van der Waals surface area contributed by atoms with Crippen LogP contribution >= 0.6 is 0 Å². The van der Waals surface area contributed by atoms with E-state index < -0.39 is 25.2 Å². The molecule has 152 valence electrons. The Balaban J connectivity index is -0.0000000853. The highest BCUT2D eigenvalue weighted by Gasteiger charge is 2.39. The normalized spacial score (nSPS) is 10.4. The second-order valence-corrected chi connectivity index (χ2v) is 18.5. The summed E-state index contributed by atoms with van der Waals surface area (Å²) in [4.78, 5) is 0. The Bertz CT molecular complexity index is 213. The van der Waals surface area contributed by atoms with Crippen LogP contribution in [0.1, 0.15) is 44.6 Å². The average molecular weight is 393 g/mol. The lowest BCUT2D eigenvalue weighted by Gasteiger charge is -2.38. The van der Waals surface area contributed by atoms with E-state index in [1.165, 1.54) is 0 Å². The quantitative estimate of drug-likeness (QED) is 0.502. The molecule has 0 aliphatic carbocycles. The number of hydrogen-bond acceptors (Lipinski definition) is 4. The summed E-state index contributed by atoms with van der Waals surface area (Å²) in [5, 5.41) is 18.0. The lowest BCUT2D eigenvalue weighted by atomic mass is 10.9. The van der Waals surface area contributed by atoms with Crippen LogP contribution in [0.4, 0.5) is 0 Å². The smallest absolute Gasteiger partial charge is 0.311 e. The van der Waals surface area contributed by atoms with Crippen molar-refractivity contribution in [3.63, 3.8) is 0 Å². The number of hydrogen-bond donors (Lipinski definition) is 2. The molecule has 0 saturated heterocycles. The topological polar surface area (TPSA) is 58.9 Å². The maximum absolute atomic E-state index is 9.02. The van der Waals surface area contributed by atoms with Gasteiger partial charge in [0, 0.05) is 13.2 Å². The molecule has 2 N–H and O–H groups in total. The zero-order valence-electron chi connectivity index (χ0n) is 12.0. The van der Waals surface area contributed by atoms with E-state index in [1.807, 2.05) is 0 Å². The summed E-state index contributed by atoms with van der Waals surface area (Å²) in [7, 11) is -5.78. The first kappa shape index (κ1) is 43.7. The van der Waals surface area contributed by atoms with Gasteiger partial charge in [0.1, 0.15) is 0 Å². The largest absolute Gasteiger partial charge is 0.436 e. The van der Waals surface area contributed by atoms with Gasteiger partial charge in [-0.2, -0.15) is 0 Å². The predicted octanol–water partition coefficient (Wildman–Crippen LogP) is 5.93. The summed E-state index contributed by atoms with van der Waals surface area (Å²) in [6.07, 6.45) is 0. The van der Waals surface area contributed by atoms with Crippen molar-refractivity contribution in [2.24, 2.45) is 0 Å². The average Bonchev–Trinajstić information content (AvgIpc) is 1.96. The van der Waals surface area contributed by atoms with Crippen molar-refractivity contribution in [3.8, 4) is 0 Å². The minimum Gasteiger partial charge on any atom is -0.436 e. The van der Waals surface area contributed by atoms with Crippen LogP contribution in [0.3, 0.4) is 0 Å². The van der Waals surface area contributed by atoms with Gasteiger partial charge in [-0.05, 0) is 51.4 Å². The van der Waals surface area contributed by atoms with E-state index in [-0.39, 0.29) is 57.8 Å². The zero-order valence-corrected chi connectivity index (χ0v) is 15.0. The van der Waals surface area contributed by atoms with Crippen molar-refractivity contribution >= 4 is 25.2 Å². The van der Waals surface area contributed by atoms with Crippen molar-refractivity contribution in [1.29, 1.82) is 0 Å². The van der Waals surface area contributed by atoms with E-state index in [9.17, 15) is 0 Å². The summed E-state index contributed by atoms with van der Waals surface area (Å²) in [5.74, 6) is 0. The fourth-order valence-electron chi connectivity index (χ4n) is 1.99. The Morgan fingerprint density at radius 3 is 0.957 bits per heavy atom. The van der Waals surface area contributed by atoms with Gasteiger partial charge in [-0.25, -0.2) is 0 Å². The molecule has 4 nitrogen and oxygen atoms in total. The van der Waals surface area contributed by atoms with Gasteiger partial charge in [0.2, 0.25) is 0 Å². The van der Waals surface area contributed by atoms with Gasteiger partial charge in [-0.3, -0.25) is 0 Å². The van der Waals surface area contributed by atoms with Crippen molar-refractivity contribution in [2.45, 2.75) is 95.9 Å². The molecule has 0 amide bonds. The predicted molar refractivity (Wildman–Crippen MR) is 119 cm³/mol. The van der Waals surface area contributed by atoms with E-state index in [0.717, 1.165) is 12.1 Å². The van der Waals surface area contributed by atoms with Gasteiger partial charge in [-0.15, -0.1) is 0 Å². The molecule has 23 heavy (non-hydrogen) atoms. The molecule has 0 spiro atoms. The second kappa shape index (κ2) is 17.3. The molecule has 0 aliphatic rings. The molecule has 0 unspecified atom stereocenters. The van der Waals surface area contributed by atoms with E-state index in [1.54, 1.807) is 0 Å². The second-order valence-electron chi connectivity index (χ2n) is 6.07. The van der Waals surface area contributed by atoms with Crippen LogP contribution in [0.15, 0.2) is 0 Å². The summed E-state index contributed by atoms with van der Waals surface area (Å²) in [5.41, 5.74) is 0. The number of aliphatic hydroxyl groups excluding tert-OH is 2. The molecule has 0 atom stereocenters. The molecule has 0 aromatic carbocycles. The van der Waals surface area contributed by atoms with Crippen LogP contribution in [0.2, 0.25) is 51.4 Å². The van der Waals surface area contributed by atoms with Gasteiger partial charge in [0.05, 0.1) is 0 Å². The van der Waals surface area contributed by atoms with Crippen LogP contribution in [-0.4, -0.2) is 48.6 Å². The first-order valence-corrected chi connectivity index (χ1v) is 15.2. The van der Waals surface area contributed by atoms with E-state index in [2.05, 4.69) is 39.3 Å². The van der Waals surface area contributed by atoms with Gasteiger partial charge < -0.3 is 18.4 Å². The fourth-order valence-corrected chi connectivity index (χ4v) is 15.1. The summed E-state index contributed by atoms with van der Waals surface area (Å²) in [6.45, 7) is 12.9. The zero-order chi connectivity index (χ0) is 13.7. The van der Waals surface area contributed by atoms with Crippen LogP contribution < -0.4 is 0 Å².